The van der Waals surface area contributed by atoms with Crippen molar-refractivity contribution in [3.8, 4) is 5.88 Å². The second kappa shape index (κ2) is 8.68. The third-order valence-electron chi connectivity index (χ3n) is 3.88. The summed E-state index contributed by atoms with van der Waals surface area (Å²) in [6.45, 7) is 4.02. The minimum Gasteiger partial charge on any atom is -0.481 e. The molecule has 0 bridgehead atoms. The van der Waals surface area contributed by atoms with Crippen molar-refractivity contribution < 1.29 is 9.53 Å². The molecule has 0 aliphatic carbocycles. The number of nitrogens with zero attached hydrogens (tertiary/aromatic N) is 2. The molecule has 0 saturated carbocycles. The molecule has 6 heteroatoms. The summed E-state index contributed by atoms with van der Waals surface area (Å²) in [5, 5.41) is 3.66. The Morgan fingerprint density at radius 2 is 1.85 bits per heavy atom. The predicted octanol–water partition coefficient (Wildman–Crippen LogP) is 4.65. The zero-order valence-corrected chi connectivity index (χ0v) is 16.3. The molecule has 0 atom stereocenters. The standard InChI is InChI=1S/C21H21N3O2S/c1-14-9-15(2)11-17(10-14)24-20(25)18-5-4-7-23-21(18)27-13-16-6-8-22-19(12-16)26-3/h4-12H,13H2,1-3H3,(H,24,25). The van der Waals surface area contributed by atoms with Gasteiger partial charge in [0.15, 0.2) is 0 Å². The second-order valence-electron chi connectivity index (χ2n) is 6.18. The molecule has 0 radical (unpaired) electrons. The van der Waals surface area contributed by atoms with E-state index in [0.717, 1.165) is 22.4 Å². The Balaban J connectivity index is 1.75. The van der Waals surface area contributed by atoms with Gasteiger partial charge in [0.2, 0.25) is 5.88 Å². The van der Waals surface area contributed by atoms with E-state index < -0.39 is 0 Å². The Labute approximate surface area is 163 Å². The number of benzene rings is 1. The Bertz CT molecular complexity index is 939. The summed E-state index contributed by atoms with van der Waals surface area (Å²) >= 11 is 1.51. The molecule has 0 unspecified atom stereocenters. The molecule has 0 spiro atoms. The van der Waals surface area contributed by atoms with Crippen LogP contribution >= 0.6 is 11.8 Å². The monoisotopic (exact) mass is 379 g/mol. The number of pyridine rings is 2. The predicted molar refractivity (Wildman–Crippen MR) is 108 cm³/mol. The highest BCUT2D eigenvalue weighted by Gasteiger charge is 2.14. The molecule has 0 aliphatic heterocycles. The lowest BCUT2D eigenvalue weighted by atomic mass is 10.1. The minimum absolute atomic E-state index is 0.164. The maximum Gasteiger partial charge on any atom is 0.258 e. The molecule has 0 fully saturated rings. The normalized spacial score (nSPS) is 10.5. The average molecular weight is 379 g/mol. The average Bonchev–Trinajstić information content (AvgIpc) is 2.66. The number of rotatable bonds is 6. The number of thioether (sulfide) groups is 1. The fourth-order valence-electron chi connectivity index (χ4n) is 2.73. The van der Waals surface area contributed by atoms with E-state index in [1.165, 1.54) is 11.8 Å². The Kier molecular flexibility index (Phi) is 6.08. The van der Waals surface area contributed by atoms with Crippen LogP contribution in [0.2, 0.25) is 0 Å². The minimum atomic E-state index is -0.164. The number of ether oxygens (including phenoxy) is 1. The molecule has 5 nitrogen and oxygen atoms in total. The highest BCUT2D eigenvalue weighted by atomic mass is 32.2. The van der Waals surface area contributed by atoms with Gasteiger partial charge in [-0.25, -0.2) is 9.97 Å². The number of hydrogen-bond acceptors (Lipinski definition) is 5. The van der Waals surface area contributed by atoms with Crippen LogP contribution in [0.4, 0.5) is 5.69 Å². The topological polar surface area (TPSA) is 64.1 Å². The number of hydrogen-bond donors (Lipinski definition) is 1. The molecule has 3 rings (SSSR count). The van der Waals surface area contributed by atoms with Gasteiger partial charge in [-0.3, -0.25) is 4.79 Å². The Morgan fingerprint density at radius 3 is 2.59 bits per heavy atom. The first-order valence-electron chi connectivity index (χ1n) is 8.51. The van der Waals surface area contributed by atoms with Crippen molar-refractivity contribution in [3.05, 3.63) is 77.1 Å². The number of anilines is 1. The number of aryl methyl sites for hydroxylation is 2. The van der Waals surface area contributed by atoms with Crippen LogP contribution in [-0.4, -0.2) is 23.0 Å². The van der Waals surface area contributed by atoms with E-state index in [1.807, 2.05) is 38.1 Å². The van der Waals surface area contributed by atoms with Gasteiger partial charge in [-0.05, 0) is 60.9 Å². The number of nitrogens with one attached hydrogen (secondary N) is 1. The second-order valence-corrected chi connectivity index (χ2v) is 7.15. The third kappa shape index (κ3) is 5.08. The van der Waals surface area contributed by atoms with Gasteiger partial charge < -0.3 is 10.1 Å². The molecule has 27 heavy (non-hydrogen) atoms. The summed E-state index contributed by atoms with van der Waals surface area (Å²) in [5.74, 6) is 1.07. The number of carbonyl (C=O) groups excluding carboxylic acids is 1. The lowest BCUT2D eigenvalue weighted by Gasteiger charge is -2.10. The van der Waals surface area contributed by atoms with Crippen molar-refractivity contribution in [2.24, 2.45) is 0 Å². The highest BCUT2D eigenvalue weighted by Crippen LogP contribution is 2.26. The first-order valence-corrected chi connectivity index (χ1v) is 9.50. The van der Waals surface area contributed by atoms with Gasteiger partial charge in [-0.1, -0.05) is 6.07 Å². The van der Waals surface area contributed by atoms with Crippen molar-refractivity contribution in [3.63, 3.8) is 0 Å². The summed E-state index contributed by atoms with van der Waals surface area (Å²) in [6, 6.07) is 13.4. The van der Waals surface area contributed by atoms with Crippen LogP contribution in [0.1, 0.15) is 27.0 Å². The largest absolute Gasteiger partial charge is 0.481 e. The number of methoxy groups -OCH3 is 1. The molecular weight excluding hydrogens is 358 g/mol. The van der Waals surface area contributed by atoms with E-state index in [2.05, 4.69) is 21.4 Å². The van der Waals surface area contributed by atoms with Gasteiger partial charge in [0.1, 0.15) is 5.03 Å². The molecule has 3 aromatic rings. The fraction of sp³-hybridized carbons (Fsp3) is 0.190. The number of aromatic nitrogens is 2. The fourth-order valence-corrected chi connectivity index (χ4v) is 3.66. The van der Waals surface area contributed by atoms with Crippen LogP contribution in [-0.2, 0) is 5.75 Å². The molecule has 2 heterocycles. The summed E-state index contributed by atoms with van der Waals surface area (Å²) in [4.78, 5) is 21.3. The van der Waals surface area contributed by atoms with Gasteiger partial charge in [0.05, 0.1) is 12.7 Å². The summed E-state index contributed by atoms with van der Waals surface area (Å²) in [5.41, 5.74) is 4.62. The maximum absolute atomic E-state index is 12.8. The number of amides is 1. The number of carbonyl (C=O) groups is 1. The lowest BCUT2D eigenvalue weighted by molar-refractivity contribution is 0.102. The van der Waals surface area contributed by atoms with E-state index in [-0.39, 0.29) is 5.91 Å². The van der Waals surface area contributed by atoms with Crippen LogP contribution in [0.25, 0.3) is 0 Å². The van der Waals surface area contributed by atoms with Crippen LogP contribution in [0.3, 0.4) is 0 Å². The Morgan fingerprint density at radius 1 is 1.07 bits per heavy atom. The molecule has 2 aromatic heterocycles. The van der Waals surface area contributed by atoms with Crippen molar-refractivity contribution in [1.29, 1.82) is 0 Å². The molecule has 138 valence electrons. The van der Waals surface area contributed by atoms with E-state index in [0.29, 0.717) is 22.2 Å². The van der Waals surface area contributed by atoms with E-state index in [1.54, 1.807) is 31.6 Å². The van der Waals surface area contributed by atoms with Crippen molar-refractivity contribution in [1.82, 2.24) is 9.97 Å². The maximum atomic E-state index is 12.8. The van der Waals surface area contributed by atoms with Crippen molar-refractivity contribution in [2.75, 3.05) is 12.4 Å². The summed E-state index contributed by atoms with van der Waals surface area (Å²) in [6.07, 6.45) is 3.41. The molecule has 1 aromatic carbocycles. The first-order chi connectivity index (χ1) is 13.0. The van der Waals surface area contributed by atoms with Gasteiger partial charge >= 0.3 is 0 Å². The first kappa shape index (κ1) is 18.9. The van der Waals surface area contributed by atoms with Crippen LogP contribution in [0.15, 0.2) is 59.9 Å². The molecular formula is C21H21N3O2S. The lowest BCUT2D eigenvalue weighted by Crippen LogP contribution is -2.14. The smallest absolute Gasteiger partial charge is 0.258 e. The van der Waals surface area contributed by atoms with Crippen molar-refractivity contribution in [2.45, 2.75) is 24.6 Å². The van der Waals surface area contributed by atoms with Gasteiger partial charge in [0.25, 0.3) is 5.91 Å². The summed E-state index contributed by atoms with van der Waals surface area (Å²) < 4.78 is 5.15. The molecule has 0 saturated heterocycles. The van der Waals surface area contributed by atoms with Gasteiger partial charge in [0, 0.05) is 29.9 Å². The zero-order valence-electron chi connectivity index (χ0n) is 15.5. The van der Waals surface area contributed by atoms with Gasteiger partial charge in [-0.15, -0.1) is 11.8 Å². The van der Waals surface area contributed by atoms with Gasteiger partial charge in [-0.2, -0.15) is 0 Å². The molecule has 1 N–H and O–H groups in total. The highest BCUT2D eigenvalue weighted by molar-refractivity contribution is 7.98. The molecule has 1 amide bonds. The van der Waals surface area contributed by atoms with Crippen LogP contribution in [0, 0.1) is 13.8 Å². The van der Waals surface area contributed by atoms with E-state index in [4.69, 9.17) is 4.74 Å². The summed E-state index contributed by atoms with van der Waals surface area (Å²) in [7, 11) is 1.59. The zero-order chi connectivity index (χ0) is 19.2. The third-order valence-corrected chi connectivity index (χ3v) is 4.96. The Hall–Kier alpha value is -2.86. The quantitative estimate of drug-likeness (QED) is 0.632. The van der Waals surface area contributed by atoms with E-state index >= 15 is 0 Å². The van der Waals surface area contributed by atoms with Crippen LogP contribution in [0.5, 0.6) is 5.88 Å². The van der Waals surface area contributed by atoms with Crippen molar-refractivity contribution >= 4 is 23.4 Å². The molecule has 0 aliphatic rings. The van der Waals surface area contributed by atoms with E-state index in [9.17, 15) is 4.79 Å². The van der Waals surface area contributed by atoms with Crippen LogP contribution < -0.4 is 10.1 Å². The SMILES string of the molecule is COc1cc(CSc2ncccc2C(=O)Nc2cc(C)cc(C)c2)ccn1.